The van der Waals surface area contributed by atoms with Crippen LogP contribution in [0.3, 0.4) is 0 Å². The van der Waals surface area contributed by atoms with Crippen LogP contribution in [0.15, 0.2) is 48.5 Å². The van der Waals surface area contributed by atoms with Crippen LogP contribution in [0.5, 0.6) is 0 Å². The number of benzene rings is 2. The standard InChI is InChI=1S/C19H18F3NO2/c20-19(21,22)16-6-3-5-14(12-16)18(24)17-7-2-1-4-15(17)13-23-8-10-25-11-9-23/h1-7,12H,8-11,13H2. The first-order valence-corrected chi connectivity index (χ1v) is 8.05. The van der Waals surface area contributed by atoms with Gasteiger partial charge in [0.05, 0.1) is 18.8 Å². The van der Waals surface area contributed by atoms with Gasteiger partial charge in [-0.3, -0.25) is 9.69 Å². The molecule has 0 spiro atoms. The van der Waals surface area contributed by atoms with Gasteiger partial charge in [0, 0.05) is 30.8 Å². The molecule has 3 rings (SSSR count). The van der Waals surface area contributed by atoms with E-state index in [1.54, 1.807) is 12.1 Å². The van der Waals surface area contributed by atoms with Gasteiger partial charge in [0.1, 0.15) is 0 Å². The second-order valence-corrected chi connectivity index (χ2v) is 5.95. The van der Waals surface area contributed by atoms with Crippen molar-refractivity contribution in [2.75, 3.05) is 26.3 Å². The molecule has 6 heteroatoms. The molecule has 132 valence electrons. The number of morpholine rings is 1. The molecule has 0 saturated carbocycles. The lowest BCUT2D eigenvalue weighted by molar-refractivity contribution is -0.137. The molecule has 2 aromatic rings. The molecule has 25 heavy (non-hydrogen) atoms. The molecular formula is C19H18F3NO2. The zero-order valence-electron chi connectivity index (χ0n) is 13.6. The van der Waals surface area contributed by atoms with Gasteiger partial charge in [-0.15, -0.1) is 0 Å². The minimum atomic E-state index is -4.47. The van der Waals surface area contributed by atoms with Crippen molar-refractivity contribution < 1.29 is 22.7 Å². The summed E-state index contributed by atoms with van der Waals surface area (Å²) in [6.45, 7) is 3.40. The van der Waals surface area contributed by atoms with Crippen LogP contribution < -0.4 is 0 Å². The lowest BCUT2D eigenvalue weighted by Gasteiger charge is -2.27. The Morgan fingerprint density at radius 1 is 1.04 bits per heavy atom. The molecular weight excluding hydrogens is 331 g/mol. The van der Waals surface area contributed by atoms with Gasteiger partial charge in [0.25, 0.3) is 0 Å². The molecule has 1 fully saturated rings. The zero-order valence-corrected chi connectivity index (χ0v) is 13.6. The summed E-state index contributed by atoms with van der Waals surface area (Å²) in [5.41, 5.74) is 0.480. The van der Waals surface area contributed by atoms with Crippen molar-refractivity contribution in [2.24, 2.45) is 0 Å². The van der Waals surface area contributed by atoms with Crippen LogP contribution in [0, 0.1) is 0 Å². The van der Waals surface area contributed by atoms with E-state index < -0.39 is 17.5 Å². The van der Waals surface area contributed by atoms with Crippen molar-refractivity contribution in [3.05, 3.63) is 70.8 Å². The molecule has 0 aliphatic carbocycles. The van der Waals surface area contributed by atoms with Gasteiger partial charge in [-0.2, -0.15) is 13.2 Å². The molecule has 1 saturated heterocycles. The fraction of sp³-hybridized carbons (Fsp3) is 0.316. The quantitative estimate of drug-likeness (QED) is 0.787. The highest BCUT2D eigenvalue weighted by Gasteiger charge is 2.31. The third kappa shape index (κ3) is 4.27. The third-order valence-corrected chi connectivity index (χ3v) is 4.21. The Morgan fingerprint density at radius 2 is 1.76 bits per heavy atom. The first-order valence-electron chi connectivity index (χ1n) is 8.05. The van der Waals surface area contributed by atoms with Crippen LogP contribution in [-0.2, 0) is 17.5 Å². The van der Waals surface area contributed by atoms with Gasteiger partial charge in [0.15, 0.2) is 5.78 Å². The number of rotatable bonds is 4. The minimum absolute atomic E-state index is 0.0456. The van der Waals surface area contributed by atoms with Crippen molar-refractivity contribution >= 4 is 5.78 Å². The summed E-state index contributed by atoms with van der Waals surface area (Å²) in [5, 5.41) is 0. The summed E-state index contributed by atoms with van der Waals surface area (Å²) >= 11 is 0. The number of carbonyl (C=O) groups excluding carboxylic acids is 1. The van der Waals surface area contributed by atoms with E-state index in [0.29, 0.717) is 25.3 Å². The van der Waals surface area contributed by atoms with Crippen LogP contribution in [-0.4, -0.2) is 37.0 Å². The molecule has 3 nitrogen and oxygen atoms in total. The fourth-order valence-electron chi connectivity index (χ4n) is 2.87. The molecule has 0 aromatic heterocycles. The van der Waals surface area contributed by atoms with Crippen LogP contribution in [0.1, 0.15) is 27.0 Å². The SMILES string of the molecule is O=C(c1cccc(C(F)(F)F)c1)c1ccccc1CN1CCOCC1. The number of hydrogen-bond donors (Lipinski definition) is 0. The normalized spacial score (nSPS) is 16.0. The Bertz CT molecular complexity index is 752. The number of hydrogen-bond acceptors (Lipinski definition) is 3. The summed E-state index contributed by atoms with van der Waals surface area (Å²) in [4.78, 5) is 14.9. The van der Waals surface area contributed by atoms with E-state index in [1.165, 1.54) is 12.1 Å². The molecule has 1 aliphatic heterocycles. The van der Waals surface area contributed by atoms with Crippen LogP contribution in [0.25, 0.3) is 0 Å². The molecule has 1 aliphatic rings. The van der Waals surface area contributed by atoms with E-state index in [1.807, 2.05) is 12.1 Å². The maximum atomic E-state index is 12.9. The predicted molar refractivity (Wildman–Crippen MR) is 87.4 cm³/mol. The highest BCUT2D eigenvalue weighted by atomic mass is 19.4. The Morgan fingerprint density at radius 3 is 2.48 bits per heavy atom. The smallest absolute Gasteiger partial charge is 0.379 e. The van der Waals surface area contributed by atoms with Gasteiger partial charge < -0.3 is 4.74 Å². The summed E-state index contributed by atoms with van der Waals surface area (Å²) in [7, 11) is 0. The number of ketones is 1. The Hall–Kier alpha value is -2.18. The highest BCUT2D eigenvalue weighted by molar-refractivity contribution is 6.10. The first-order chi connectivity index (χ1) is 11.9. The average molecular weight is 349 g/mol. The Kier molecular flexibility index (Phi) is 5.20. The first kappa shape index (κ1) is 17.6. The molecule has 2 aromatic carbocycles. The maximum Gasteiger partial charge on any atom is 0.416 e. The van der Waals surface area contributed by atoms with Gasteiger partial charge in [-0.05, 0) is 17.7 Å². The maximum absolute atomic E-state index is 12.9. The summed E-state index contributed by atoms with van der Waals surface area (Å²) in [5.74, 6) is -0.394. The second-order valence-electron chi connectivity index (χ2n) is 5.95. The van der Waals surface area contributed by atoms with E-state index in [2.05, 4.69) is 4.90 Å². The number of ether oxygens (including phenoxy) is 1. The lowest BCUT2D eigenvalue weighted by Crippen LogP contribution is -2.36. The van der Waals surface area contributed by atoms with E-state index >= 15 is 0 Å². The number of nitrogens with zero attached hydrogens (tertiary/aromatic N) is 1. The monoisotopic (exact) mass is 349 g/mol. The van der Waals surface area contributed by atoms with Crippen molar-refractivity contribution in [1.29, 1.82) is 0 Å². The van der Waals surface area contributed by atoms with Crippen LogP contribution in [0.4, 0.5) is 13.2 Å². The Balaban J connectivity index is 1.87. The van der Waals surface area contributed by atoms with E-state index in [-0.39, 0.29) is 5.56 Å². The summed E-state index contributed by atoms with van der Waals surface area (Å²) in [6.07, 6.45) is -4.47. The molecule has 0 radical (unpaired) electrons. The van der Waals surface area contributed by atoms with Crippen molar-refractivity contribution in [3.63, 3.8) is 0 Å². The number of alkyl halides is 3. The number of halogens is 3. The third-order valence-electron chi connectivity index (χ3n) is 4.21. The summed E-state index contributed by atoms with van der Waals surface area (Å²) in [6, 6.07) is 11.6. The van der Waals surface area contributed by atoms with Crippen LogP contribution in [0.2, 0.25) is 0 Å². The zero-order chi connectivity index (χ0) is 17.9. The van der Waals surface area contributed by atoms with E-state index in [0.717, 1.165) is 30.8 Å². The second kappa shape index (κ2) is 7.37. The Labute approximate surface area is 144 Å². The highest BCUT2D eigenvalue weighted by Crippen LogP contribution is 2.30. The van der Waals surface area contributed by atoms with Gasteiger partial charge in [-0.1, -0.05) is 36.4 Å². The van der Waals surface area contributed by atoms with Gasteiger partial charge in [0.2, 0.25) is 0 Å². The van der Waals surface area contributed by atoms with Crippen molar-refractivity contribution in [3.8, 4) is 0 Å². The summed E-state index contributed by atoms with van der Waals surface area (Å²) < 4.78 is 44.0. The number of carbonyl (C=O) groups is 1. The molecule has 0 amide bonds. The topological polar surface area (TPSA) is 29.5 Å². The predicted octanol–water partition coefficient (Wildman–Crippen LogP) is 3.77. The molecule has 0 N–H and O–H groups in total. The van der Waals surface area contributed by atoms with Crippen LogP contribution >= 0.6 is 0 Å². The largest absolute Gasteiger partial charge is 0.416 e. The van der Waals surface area contributed by atoms with E-state index in [9.17, 15) is 18.0 Å². The van der Waals surface area contributed by atoms with Crippen molar-refractivity contribution in [2.45, 2.75) is 12.7 Å². The van der Waals surface area contributed by atoms with E-state index in [4.69, 9.17) is 4.74 Å². The van der Waals surface area contributed by atoms with Crippen molar-refractivity contribution in [1.82, 2.24) is 4.90 Å². The lowest BCUT2D eigenvalue weighted by atomic mass is 9.96. The molecule has 0 unspecified atom stereocenters. The minimum Gasteiger partial charge on any atom is -0.379 e. The fourth-order valence-corrected chi connectivity index (χ4v) is 2.87. The molecule has 0 atom stereocenters. The van der Waals surface area contributed by atoms with Gasteiger partial charge in [-0.25, -0.2) is 0 Å². The average Bonchev–Trinajstić information content (AvgIpc) is 2.62. The van der Waals surface area contributed by atoms with Gasteiger partial charge >= 0.3 is 6.18 Å². The molecule has 0 bridgehead atoms. The molecule has 1 heterocycles.